The van der Waals surface area contributed by atoms with E-state index in [1.54, 1.807) is 11.3 Å². The lowest BCUT2D eigenvalue weighted by Gasteiger charge is -2.33. The minimum Gasteiger partial charge on any atom is -0.354 e. The Morgan fingerprint density at radius 3 is 2.72 bits per heavy atom. The van der Waals surface area contributed by atoms with Crippen LogP contribution in [0.4, 0.5) is 0 Å². The summed E-state index contributed by atoms with van der Waals surface area (Å²) < 4.78 is 1.99. The highest BCUT2D eigenvalue weighted by molar-refractivity contribution is 14.0. The van der Waals surface area contributed by atoms with Gasteiger partial charge in [-0.2, -0.15) is 0 Å². The monoisotopic (exact) mass is 531 g/mol. The standard InChI is InChI=1S/C20H33N7S.HI/c1-4-5-10-27-11-8-17(9-12-27)23-20(21-14-18-7-6-13-28-18)22-15-19-25-24-16(2)26(19)3;/h6-7,13,17H,4-5,8-12,14-15H2,1-3H3,(H2,21,22,23);1H. The van der Waals surface area contributed by atoms with Crippen LogP contribution in [0.25, 0.3) is 0 Å². The second-order valence-electron chi connectivity index (χ2n) is 7.43. The molecule has 0 radical (unpaired) electrons. The van der Waals surface area contributed by atoms with Gasteiger partial charge in [-0.05, 0) is 44.2 Å². The maximum atomic E-state index is 4.79. The van der Waals surface area contributed by atoms with Crippen molar-refractivity contribution < 1.29 is 0 Å². The molecule has 1 fully saturated rings. The van der Waals surface area contributed by atoms with Gasteiger partial charge in [0.05, 0.1) is 6.54 Å². The molecule has 0 aromatic carbocycles. The molecule has 2 aromatic rings. The molecule has 0 bridgehead atoms. The first-order valence-electron chi connectivity index (χ1n) is 10.3. The first kappa shape index (κ1) is 24.1. The molecule has 0 aliphatic carbocycles. The molecule has 0 saturated carbocycles. The number of aromatic nitrogens is 3. The average molecular weight is 532 g/mol. The highest BCUT2D eigenvalue weighted by Crippen LogP contribution is 2.12. The molecule has 1 aliphatic heterocycles. The van der Waals surface area contributed by atoms with E-state index < -0.39 is 0 Å². The Kier molecular flexibility index (Phi) is 10.4. The Morgan fingerprint density at radius 2 is 2.10 bits per heavy atom. The van der Waals surface area contributed by atoms with Crippen LogP contribution in [-0.4, -0.2) is 51.3 Å². The Labute approximate surface area is 195 Å². The van der Waals surface area contributed by atoms with Gasteiger partial charge in [0, 0.05) is 31.1 Å². The quantitative estimate of drug-likeness (QED) is 0.311. The lowest BCUT2D eigenvalue weighted by Crippen LogP contribution is -2.48. The van der Waals surface area contributed by atoms with Crippen molar-refractivity contribution in [2.24, 2.45) is 12.0 Å². The first-order chi connectivity index (χ1) is 13.7. The van der Waals surface area contributed by atoms with Crippen molar-refractivity contribution in [1.29, 1.82) is 0 Å². The summed E-state index contributed by atoms with van der Waals surface area (Å²) in [5, 5.41) is 17.6. The molecule has 162 valence electrons. The number of piperidine rings is 1. The van der Waals surface area contributed by atoms with Crippen LogP contribution in [0.15, 0.2) is 22.5 Å². The average Bonchev–Trinajstić information content (AvgIpc) is 3.34. The number of guanidine groups is 1. The van der Waals surface area contributed by atoms with Crippen LogP contribution in [0.5, 0.6) is 0 Å². The van der Waals surface area contributed by atoms with Gasteiger partial charge in [0.1, 0.15) is 12.4 Å². The third kappa shape index (κ3) is 7.53. The van der Waals surface area contributed by atoms with Gasteiger partial charge in [-0.25, -0.2) is 4.99 Å². The van der Waals surface area contributed by atoms with E-state index in [1.807, 2.05) is 18.5 Å². The van der Waals surface area contributed by atoms with Crippen molar-refractivity contribution in [3.8, 4) is 0 Å². The van der Waals surface area contributed by atoms with Crippen LogP contribution < -0.4 is 10.6 Å². The summed E-state index contributed by atoms with van der Waals surface area (Å²) in [6.07, 6.45) is 4.88. The van der Waals surface area contributed by atoms with Gasteiger partial charge in [0.25, 0.3) is 0 Å². The molecule has 2 aromatic heterocycles. The van der Waals surface area contributed by atoms with Gasteiger partial charge in [-0.3, -0.25) is 0 Å². The van der Waals surface area contributed by atoms with E-state index in [0.717, 1.165) is 37.0 Å². The fourth-order valence-electron chi connectivity index (χ4n) is 3.35. The predicted molar refractivity (Wildman–Crippen MR) is 131 cm³/mol. The zero-order valence-electron chi connectivity index (χ0n) is 17.7. The van der Waals surface area contributed by atoms with Crippen LogP contribution in [-0.2, 0) is 20.1 Å². The summed E-state index contributed by atoms with van der Waals surface area (Å²) in [5.74, 6) is 2.65. The van der Waals surface area contributed by atoms with Crippen LogP contribution >= 0.6 is 35.3 Å². The van der Waals surface area contributed by atoms with Gasteiger partial charge >= 0.3 is 0 Å². The number of rotatable bonds is 8. The van der Waals surface area contributed by atoms with Crippen LogP contribution in [0.1, 0.15) is 49.1 Å². The maximum Gasteiger partial charge on any atom is 0.192 e. The lowest BCUT2D eigenvalue weighted by atomic mass is 10.0. The van der Waals surface area contributed by atoms with Crippen molar-refractivity contribution in [2.45, 2.75) is 58.7 Å². The van der Waals surface area contributed by atoms with E-state index >= 15 is 0 Å². The molecule has 7 nitrogen and oxygen atoms in total. The SMILES string of the molecule is CCCCN1CCC(NC(=NCc2nnc(C)n2C)NCc2cccs2)CC1.I. The summed E-state index contributed by atoms with van der Waals surface area (Å²) >= 11 is 1.76. The number of aliphatic imine (C=N–C) groups is 1. The lowest BCUT2D eigenvalue weighted by molar-refractivity contribution is 0.203. The molecule has 0 atom stereocenters. The Balaban J connectivity index is 0.00000300. The van der Waals surface area contributed by atoms with Gasteiger partial charge < -0.3 is 20.1 Å². The van der Waals surface area contributed by atoms with E-state index in [9.17, 15) is 0 Å². The van der Waals surface area contributed by atoms with Crippen molar-refractivity contribution in [3.05, 3.63) is 34.0 Å². The molecular formula is C20H34IN7S. The molecule has 0 unspecified atom stereocenters. The minimum atomic E-state index is 0. The van der Waals surface area contributed by atoms with Crippen molar-refractivity contribution in [2.75, 3.05) is 19.6 Å². The van der Waals surface area contributed by atoms with E-state index in [-0.39, 0.29) is 24.0 Å². The van der Waals surface area contributed by atoms with E-state index in [1.165, 1.54) is 37.4 Å². The molecule has 1 aliphatic rings. The zero-order chi connectivity index (χ0) is 19.8. The van der Waals surface area contributed by atoms with E-state index in [4.69, 9.17) is 4.99 Å². The number of hydrogen-bond donors (Lipinski definition) is 2. The van der Waals surface area contributed by atoms with E-state index in [0.29, 0.717) is 12.6 Å². The summed E-state index contributed by atoms with van der Waals surface area (Å²) in [6.45, 7) is 9.09. The molecule has 0 amide bonds. The number of nitrogens with one attached hydrogen (secondary N) is 2. The highest BCUT2D eigenvalue weighted by atomic mass is 127. The normalized spacial score (nSPS) is 15.9. The minimum absolute atomic E-state index is 0. The number of halogens is 1. The number of hydrogen-bond acceptors (Lipinski definition) is 5. The summed E-state index contributed by atoms with van der Waals surface area (Å²) in [6, 6.07) is 4.70. The second kappa shape index (κ2) is 12.5. The number of nitrogens with zero attached hydrogens (tertiary/aromatic N) is 5. The molecule has 3 rings (SSSR count). The molecule has 0 spiro atoms. The Bertz CT molecular complexity index is 736. The van der Waals surface area contributed by atoms with E-state index in [2.05, 4.69) is 50.2 Å². The van der Waals surface area contributed by atoms with Gasteiger partial charge in [0.15, 0.2) is 11.8 Å². The largest absolute Gasteiger partial charge is 0.354 e. The molecule has 29 heavy (non-hydrogen) atoms. The number of likely N-dealkylation sites (tertiary alicyclic amines) is 1. The molecule has 9 heteroatoms. The second-order valence-corrected chi connectivity index (χ2v) is 8.47. The molecular weight excluding hydrogens is 497 g/mol. The van der Waals surface area contributed by atoms with Crippen LogP contribution in [0.3, 0.4) is 0 Å². The zero-order valence-corrected chi connectivity index (χ0v) is 20.9. The molecule has 3 heterocycles. The summed E-state index contributed by atoms with van der Waals surface area (Å²) in [7, 11) is 1.98. The number of aryl methyl sites for hydroxylation is 1. The first-order valence-corrected chi connectivity index (χ1v) is 11.2. The van der Waals surface area contributed by atoms with Gasteiger partial charge in [-0.1, -0.05) is 19.4 Å². The van der Waals surface area contributed by atoms with Crippen molar-refractivity contribution >= 4 is 41.3 Å². The predicted octanol–water partition coefficient (Wildman–Crippen LogP) is 3.30. The fraction of sp³-hybridized carbons (Fsp3) is 0.650. The van der Waals surface area contributed by atoms with Crippen molar-refractivity contribution in [1.82, 2.24) is 30.3 Å². The van der Waals surface area contributed by atoms with Crippen LogP contribution in [0.2, 0.25) is 0 Å². The Morgan fingerprint density at radius 1 is 1.31 bits per heavy atom. The number of unbranched alkanes of at least 4 members (excludes halogenated alkanes) is 1. The number of thiophene rings is 1. The summed E-state index contributed by atoms with van der Waals surface area (Å²) in [5.41, 5.74) is 0. The smallest absolute Gasteiger partial charge is 0.192 e. The maximum absolute atomic E-state index is 4.79. The third-order valence-electron chi connectivity index (χ3n) is 5.33. The van der Waals surface area contributed by atoms with Gasteiger partial charge in [0.2, 0.25) is 0 Å². The fourth-order valence-corrected chi connectivity index (χ4v) is 4.00. The third-order valence-corrected chi connectivity index (χ3v) is 6.20. The molecule has 1 saturated heterocycles. The summed E-state index contributed by atoms with van der Waals surface area (Å²) in [4.78, 5) is 8.68. The Hall–Kier alpha value is -1.20. The van der Waals surface area contributed by atoms with Crippen LogP contribution in [0, 0.1) is 6.92 Å². The van der Waals surface area contributed by atoms with Gasteiger partial charge in [-0.15, -0.1) is 45.5 Å². The van der Waals surface area contributed by atoms with Crippen molar-refractivity contribution in [3.63, 3.8) is 0 Å². The topological polar surface area (TPSA) is 70.4 Å². The highest BCUT2D eigenvalue weighted by Gasteiger charge is 2.19. The molecule has 2 N–H and O–H groups in total.